The van der Waals surface area contributed by atoms with Crippen molar-refractivity contribution in [1.29, 1.82) is 0 Å². The number of phenolic OH excluding ortho intramolecular Hbond substituents is 2. The molecular weight excluding hydrogens is 440 g/mol. The predicted molar refractivity (Wildman–Crippen MR) is 124 cm³/mol. The second-order valence-electron chi connectivity index (χ2n) is 7.16. The van der Waals surface area contributed by atoms with Crippen LogP contribution in [0.1, 0.15) is 31.8 Å². The second kappa shape index (κ2) is 8.22. The van der Waals surface area contributed by atoms with E-state index in [1.807, 2.05) is 60.7 Å². The second-order valence-corrected chi connectivity index (χ2v) is 9.39. The van der Waals surface area contributed by atoms with E-state index in [1.165, 1.54) is 23.5 Å². The maximum Gasteiger partial charge on any atom is 0.198 e. The van der Waals surface area contributed by atoms with E-state index in [-0.39, 0.29) is 33.8 Å². The molecule has 5 rings (SSSR count). The average molecular weight is 457 g/mol. The van der Waals surface area contributed by atoms with Crippen molar-refractivity contribution in [2.24, 2.45) is 0 Å². The van der Waals surface area contributed by atoms with Gasteiger partial charge in [-0.1, -0.05) is 59.9 Å². The van der Waals surface area contributed by atoms with Gasteiger partial charge in [-0.05, 0) is 48.5 Å². The fraction of sp³-hybridized carbons (Fsp3) is 0. The Morgan fingerprint density at radius 3 is 1.25 bits per heavy atom. The van der Waals surface area contributed by atoms with Crippen LogP contribution < -0.4 is 0 Å². The Morgan fingerprint density at radius 1 is 0.500 bits per heavy atom. The number of rotatable bonds is 4. The first-order valence-corrected chi connectivity index (χ1v) is 11.4. The minimum Gasteiger partial charge on any atom is -0.506 e. The van der Waals surface area contributed by atoms with Crippen LogP contribution in [0.3, 0.4) is 0 Å². The number of carbonyl (C=O) groups is 2. The van der Waals surface area contributed by atoms with E-state index in [0.29, 0.717) is 9.79 Å². The van der Waals surface area contributed by atoms with Crippen molar-refractivity contribution < 1.29 is 19.8 Å². The molecule has 0 heterocycles. The number of hydrogen-bond donors (Lipinski definition) is 2. The lowest BCUT2D eigenvalue weighted by molar-refractivity contribution is 0.0973. The number of carbonyl (C=O) groups excluding carboxylic acids is 2. The summed E-state index contributed by atoms with van der Waals surface area (Å²) in [7, 11) is 0. The molecule has 0 unspecified atom stereocenters. The molecule has 4 aromatic carbocycles. The minimum absolute atomic E-state index is 0.0220. The molecule has 4 nitrogen and oxygen atoms in total. The highest BCUT2D eigenvalue weighted by Gasteiger charge is 2.36. The quantitative estimate of drug-likeness (QED) is 0.337. The van der Waals surface area contributed by atoms with E-state index in [4.69, 9.17) is 0 Å². The van der Waals surface area contributed by atoms with Gasteiger partial charge in [0.25, 0.3) is 0 Å². The summed E-state index contributed by atoms with van der Waals surface area (Å²) in [5, 5.41) is 21.7. The summed E-state index contributed by atoms with van der Waals surface area (Å²) in [5.74, 6) is -1.39. The van der Waals surface area contributed by atoms with Gasteiger partial charge in [0, 0.05) is 20.9 Å². The van der Waals surface area contributed by atoms with Crippen molar-refractivity contribution >= 4 is 35.1 Å². The highest BCUT2D eigenvalue weighted by molar-refractivity contribution is 7.99. The molecule has 156 valence electrons. The van der Waals surface area contributed by atoms with Crippen LogP contribution in [0.2, 0.25) is 0 Å². The van der Waals surface area contributed by atoms with Crippen molar-refractivity contribution in [3.8, 4) is 11.5 Å². The topological polar surface area (TPSA) is 74.6 Å². The zero-order valence-corrected chi connectivity index (χ0v) is 18.2. The molecule has 0 aliphatic heterocycles. The van der Waals surface area contributed by atoms with Gasteiger partial charge in [-0.15, -0.1) is 0 Å². The van der Waals surface area contributed by atoms with E-state index in [0.717, 1.165) is 9.79 Å². The first-order valence-electron chi connectivity index (χ1n) is 9.81. The van der Waals surface area contributed by atoms with Gasteiger partial charge in [0.15, 0.2) is 11.6 Å². The zero-order chi connectivity index (χ0) is 22.2. The third-order valence-corrected chi connectivity index (χ3v) is 7.28. The van der Waals surface area contributed by atoms with Crippen LogP contribution in [0.5, 0.6) is 11.5 Å². The van der Waals surface area contributed by atoms with Crippen LogP contribution in [-0.4, -0.2) is 21.8 Å². The van der Waals surface area contributed by atoms with Gasteiger partial charge in [-0.2, -0.15) is 0 Å². The van der Waals surface area contributed by atoms with Crippen LogP contribution in [0, 0.1) is 0 Å². The summed E-state index contributed by atoms with van der Waals surface area (Å²) < 4.78 is 0. The van der Waals surface area contributed by atoms with Crippen LogP contribution in [-0.2, 0) is 0 Å². The third-order valence-electron chi connectivity index (χ3n) is 5.17. The highest BCUT2D eigenvalue weighted by Crippen LogP contribution is 2.45. The number of benzene rings is 4. The van der Waals surface area contributed by atoms with Crippen molar-refractivity contribution in [2.45, 2.75) is 19.6 Å². The Labute approximate surface area is 192 Å². The fourth-order valence-corrected chi connectivity index (χ4v) is 5.41. The standard InChI is InChI=1S/C26H16O4S2/c27-23-18-12-14-20(32-16-9-5-2-6-10-16)26(30)22(18)24(28)17-11-13-19(25(29)21(17)23)31-15-7-3-1-4-8-15/h1-14,29-30H. The van der Waals surface area contributed by atoms with E-state index < -0.39 is 11.6 Å². The van der Waals surface area contributed by atoms with E-state index in [9.17, 15) is 19.8 Å². The zero-order valence-electron chi connectivity index (χ0n) is 16.6. The third kappa shape index (κ3) is 3.47. The molecule has 0 fully saturated rings. The lowest BCUT2D eigenvalue weighted by Crippen LogP contribution is -2.21. The van der Waals surface area contributed by atoms with E-state index >= 15 is 0 Å². The highest BCUT2D eigenvalue weighted by atomic mass is 32.2. The number of phenols is 2. The normalized spacial score (nSPS) is 12.4. The molecule has 0 saturated heterocycles. The summed E-state index contributed by atoms with van der Waals surface area (Å²) >= 11 is 2.62. The van der Waals surface area contributed by atoms with Gasteiger partial charge in [0.1, 0.15) is 11.5 Å². The Balaban J connectivity index is 1.56. The van der Waals surface area contributed by atoms with Crippen molar-refractivity contribution in [3.05, 3.63) is 107 Å². The SMILES string of the molecule is O=C1c2ccc(Sc3ccccc3)c(O)c2C(=O)c2ccc(Sc3ccccc3)c(O)c21. The molecule has 6 heteroatoms. The first kappa shape index (κ1) is 20.4. The van der Waals surface area contributed by atoms with Gasteiger partial charge < -0.3 is 10.2 Å². The molecule has 4 aromatic rings. The molecule has 1 aliphatic carbocycles. The van der Waals surface area contributed by atoms with E-state index in [1.54, 1.807) is 24.3 Å². The number of ketones is 2. The summed E-state index contributed by atoms with van der Waals surface area (Å²) in [6, 6.07) is 25.3. The summed E-state index contributed by atoms with van der Waals surface area (Å²) in [6.07, 6.45) is 0. The van der Waals surface area contributed by atoms with E-state index in [2.05, 4.69) is 0 Å². The molecular formula is C26H16O4S2. The van der Waals surface area contributed by atoms with Crippen molar-refractivity contribution in [3.63, 3.8) is 0 Å². The number of aromatic hydroxyl groups is 2. The maximum atomic E-state index is 13.3. The molecule has 1 aliphatic rings. The molecule has 0 spiro atoms. The average Bonchev–Trinajstić information content (AvgIpc) is 2.81. The monoisotopic (exact) mass is 456 g/mol. The summed E-state index contributed by atoms with van der Waals surface area (Å²) in [5.41, 5.74) is 0.140. The molecule has 0 atom stereocenters. The van der Waals surface area contributed by atoms with Crippen LogP contribution in [0.4, 0.5) is 0 Å². The molecule has 0 amide bonds. The van der Waals surface area contributed by atoms with Gasteiger partial charge in [0.05, 0.1) is 20.9 Å². The maximum absolute atomic E-state index is 13.3. The Bertz CT molecular complexity index is 1260. The molecule has 0 bridgehead atoms. The molecule has 2 N–H and O–H groups in total. The lowest BCUT2D eigenvalue weighted by Gasteiger charge is -2.21. The molecule has 0 radical (unpaired) electrons. The number of fused-ring (bicyclic) bond motifs is 2. The van der Waals surface area contributed by atoms with Crippen LogP contribution >= 0.6 is 23.5 Å². The van der Waals surface area contributed by atoms with Gasteiger partial charge in [0.2, 0.25) is 0 Å². The van der Waals surface area contributed by atoms with Crippen LogP contribution in [0.25, 0.3) is 0 Å². The molecule has 0 saturated carbocycles. The van der Waals surface area contributed by atoms with Crippen molar-refractivity contribution in [2.75, 3.05) is 0 Å². The van der Waals surface area contributed by atoms with Gasteiger partial charge in [-0.25, -0.2) is 0 Å². The summed E-state index contributed by atoms with van der Waals surface area (Å²) in [4.78, 5) is 29.3. The fourth-order valence-electron chi connectivity index (χ4n) is 3.65. The van der Waals surface area contributed by atoms with Crippen molar-refractivity contribution in [1.82, 2.24) is 0 Å². The largest absolute Gasteiger partial charge is 0.506 e. The minimum atomic E-state index is -0.478. The Morgan fingerprint density at radius 2 is 0.875 bits per heavy atom. The van der Waals surface area contributed by atoms with Crippen LogP contribution in [0.15, 0.2) is 105 Å². The lowest BCUT2D eigenvalue weighted by atomic mass is 9.83. The number of hydrogen-bond acceptors (Lipinski definition) is 6. The predicted octanol–water partition coefficient (Wildman–Crippen LogP) is 6.18. The van der Waals surface area contributed by atoms with Gasteiger partial charge >= 0.3 is 0 Å². The molecule has 32 heavy (non-hydrogen) atoms. The summed E-state index contributed by atoms with van der Waals surface area (Å²) in [6.45, 7) is 0. The van der Waals surface area contributed by atoms with Gasteiger partial charge in [-0.3, -0.25) is 9.59 Å². The first-order chi connectivity index (χ1) is 15.5. The smallest absolute Gasteiger partial charge is 0.198 e. The Kier molecular flexibility index (Phi) is 5.25. The molecule has 0 aromatic heterocycles. The Hall–Kier alpha value is -3.48.